The molecule has 7 nitrogen and oxygen atoms in total. The number of amides is 1. The van der Waals surface area contributed by atoms with E-state index >= 15 is 0 Å². The average molecular weight is 340 g/mol. The van der Waals surface area contributed by atoms with Gasteiger partial charge >= 0.3 is 0 Å². The third kappa shape index (κ3) is 4.23. The molecule has 0 unspecified atom stereocenters. The van der Waals surface area contributed by atoms with Crippen LogP contribution in [0.25, 0.3) is 0 Å². The second-order valence-electron chi connectivity index (χ2n) is 6.48. The minimum absolute atomic E-state index is 0.0435. The van der Waals surface area contributed by atoms with Gasteiger partial charge in [-0.15, -0.1) is 0 Å². The molecule has 2 aromatic rings. The third-order valence-corrected chi connectivity index (χ3v) is 4.03. The number of piperazine rings is 1. The van der Waals surface area contributed by atoms with E-state index in [1.54, 1.807) is 12.3 Å². The van der Waals surface area contributed by atoms with Crippen LogP contribution in [0.3, 0.4) is 0 Å². The molecule has 3 rings (SSSR count). The van der Waals surface area contributed by atoms with Crippen molar-refractivity contribution in [3.05, 3.63) is 41.9 Å². The fourth-order valence-electron chi connectivity index (χ4n) is 2.84. The van der Waals surface area contributed by atoms with Crippen molar-refractivity contribution in [2.24, 2.45) is 0 Å². The van der Waals surface area contributed by atoms with Crippen molar-refractivity contribution in [1.82, 2.24) is 19.9 Å². The quantitative estimate of drug-likeness (QED) is 0.917. The Bertz CT molecular complexity index is 726. The molecule has 1 amide bonds. The largest absolute Gasteiger partial charge is 0.353 e. The van der Waals surface area contributed by atoms with Gasteiger partial charge in [0.2, 0.25) is 5.95 Å². The van der Waals surface area contributed by atoms with Crippen LogP contribution < -0.4 is 10.2 Å². The van der Waals surface area contributed by atoms with Crippen molar-refractivity contribution >= 4 is 17.7 Å². The lowest BCUT2D eigenvalue weighted by Gasteiger charge is -2.35. The summed E-state index contributed by atoms with van der Waals surface area (Å²) in [5.41, 5.74) is 1.23. The molecule has 0 bridgehead atoms. The molecule has 0 aromatic carbocycles. The predicted octanol–water partition coefficient (Wildman–Crippen LogP) is 1.96. The second-order valence-corrected chi connectivity index (χ2v) is 6.48. The number of hydrogen-bond acceptors (Lipinski definition) is 6. The van der Waals surface area contributed by atoms with Crippen molar-refractivity contribution in [1.29, 1.82) is 0 Å². The minimum atomic E-state index is -0.0435. The van der Waals surface area contributed by atoms with E-state index < -0.39 is 0 Å². The highest BCUT2D eigenvalue weighted by atomic mass is 16.2. The van der Waals surface area contributed by atoms with E-state index in [9.17, 15) is 4.79 Å². The molecule has 0 radical (unpaired) electrons. The van der Waals surface area contributed by atoms with Crippen LogP contribution in [0.15, 0.2) is 30.5 Å². The maximum Gasteiger partial charge on any atom is 0.272 e. The number of rotatable bonds is 4. The van der Waals surface area contributed by atoms with E-state index in [0.717, 1.165) is 24.6 Å². The van der Waals surface area contributed by atoms with E-state index in [4.69, 9.17) is 0 Å². The highest BCUT2D eigenvalue weighted by Gasteiger charge is 2.24. The van der Waals surface area contributed by atoms with E-state index in [1.165, 1.54) is 0 Å². The Balaban J connectivity index is 1.67. The molecule has 1 saturated heterocycles. The first kappa shape index (κ1) is 17.1. The standard InChI is InChI=1S/C18H24N6O/c1-13(2)20-18-21-14(3)12-15(22-18)17(25)24-10-8-23(9-11-24)16-6-4-5-7-19-16/h4-7,12-13H,8-11H2,1-3H3,(H,20,21,22). The maximum absolute atomic E-state index is 12.8. The highest BCUT2D eigenvalue weighted by Crippen LogP contribution is 2.15. The molecule has 3 heterocycles. The first-order chi connectivity index (χ1) is 12.0. The van der Waals surface area contributed by atoms with Gasteiger partial charge in [-0.1, -0.05) is 6.07 Å². The Morgan fingerprint density at radius 2 is 1.92 bits per heavy atom. The smallest absolute Gasteiger partial charge is 0.272 e. The van der Waals surface area contributed by atoms with Crippen LogP contribution in [-0.2, 0) is 0 Å². The summed E-state index contributed by atoms with van der Waals surface area (Å²) in [6.07, 6.45) is 1.79. The first-order valence-corrected chi connectivity index (χ1v) is 8.60. The molecular formula is C18H24N6O. The molecule has 2 aromatic heterocycles. The molecule has 1 aliphatic heterocycles. The summed E-state index contributed by atoms with van der Waals surface area (Å²) in [5.74, 6) is 1.42. The van der Waals surface area contributed by atoms with E-state index in [1.807, 2.05) is 43.9 Å². The second kappa shape index (κ2) is 7.46. The molecular weight excluding hydrogens is 316 g/mol. The summed E-state index contributed by atoms with van der Waals surface area (Å²) in [5, 5.41) is 3.16. The van der Waals surface area contributed by atoms with Crippen LogP contribution in [0.1, 0.15) is 30.0 Å². The van der Waals surface area contributed by atoms with Crippen LogP contribution in [0.5, 0.6) is 0 Å². The molecule has 1 aliphatic rings. The normalized spacial score (nSPS) is 14.7. The van der Waals surface area contributed by atoms with Gasteiger partial charge in [-0.25, -0.2) is 15.0 Å². The zero-order valence-corrected chi connectivity index (χ0v) is 14.9. The summed E-state index contributed by atoms with van der Waals surface area (Å²) in [7, 11) is 0. The van der Waals surface area contributed by atoms with Crippen molar-refractivity contribution in [2.45, 2.75) is 26.8 Å². The Morgan fingerprint density at radius 1 is 1.16 bits per heavy atom. The van der Waals surface area contributed by atoms with Gasteiger partial charge in [0, 0.05) is 44.1 Å². The topological polar surface area (TPSA) is 74.2 Å². The SMILES string of the molecule is Cc1cc(C(=O)N2CCN(c3ccccn3)CC2)nc(NC(C)C)n1. The Labute approximate surface area is 148 Å². The van der Waals surface area contributed by atoms with Gasteiger partial charge in [0.25, 0.3) is 5.91 Å². The zero-order chi connectivity index (χ0) is 17.8. The lowest BCUT2D eigenvalue weighted by Crippen LogP contribution is -2.49. The Kier molecular flexibility index (Phi) is 5.11. The van der Waals surface area contributed by atoms with E-state index in [-0.39, 0.29) is 11.9 Å². The van der Waals surface area contributed by atoms with Crippen molar-refractivity contribution in [2.75, 3.05) is 36.4 Å². The van der Waals surface area contributed by atoms with Crippen LogP contribution in [0.4, 0.5) is 11.8 Å². The number of nitrogens with one attached hydrogen (secondary N) is 1. The number of nitrogens with zero attached hydrogens (tertiary/aromatic N) is 5. The summed E-state index contributed by atoms with van der Waals surface area (Å²) < 4.78 is 0. The van der Waals surface area contributed by atoms with Gasteiger partial charge in [0.15, 0.2) is 0 Å². The summed E-state index contributed by atoms with van der Waals surface area (Å²) in [6, 6.07) is 7.84. The van der Waals surface area contributed by atoms with Crippen LogP contribution in [0.2, 0.25) is 0 Å². The van der Waals surface area contributed by atoms with Crippen LogP contribution >= 0.6 is 0 Å². The molecule has 132 valence electrons. The molecule has 7 heteroatoms. The van der Waals surface area contributed by atoms with Gasteiger partial charge in [0.1, 0.15) is 11.5 Å². The highest BCUT2D eigenvalue weighted by molar-refractivity contribution is 5.92. The van der Waals surface area contributed by atoms with Gasteiger partial charge < -0.3 is 15.1 Å². The maximum atomic E-state index is 12.8. The third-order valence-electron chi connectivity index (χ3n) is 4.03. The Morgan fingerprint density at radius 3 is 2.56 bits per heavy atom. The predicted molar refractivity (Wildman–Crippen MR) is 97.9 cm³/mol. The van der Waals surface area contributed by atoms with Gasteiger partial charge in [-0.3, -0.25) is 4.79 Å². The zero-order valence-electron chi connectivity index (χ0n) is 14.9. The van der Waals surface area contributed by atoms with Crippen LogP contribution in [-0.4, -0.2) is 58.0 Å². The van der Waals surface area contributed by atoms with E-state index in [2.05, 4.69) is 25.2 Å². The molecule has 0 spiro atoms. The van der Waals surface area contributed by atoms with Gasteiger partial charge in [-0.2, -0.15) is 0 Å². The average Bonchev–Trinajstić information content (AvgIpc) is 2.61. The fourth-order valence-corrected chi connectivity index (χ4v) is 2.84. The number of carbonyl (C=O) groups excluding carboxylic acids is 1. The van der Waals surface area contributed by atoms with Crippen molar-refractivity contribution < 1.29 is 4.79 Å². The molecule has 25 heavy (non-hydrogen) atoms. The molecule has 0 aliphatic carbocycles. The number of carbonyl (C=O) groups is 1. The lowest BCUT2D eigenvalue weighted by atomic mass is 10.2. The number of anilines is 2. The molecule has 1 fully saturated rings. The van der Waals surface area contributed by atoms with E-state index in [0.29, 0.717) is 24.7 Å². The monoisotopic (exact) mass is 340 g/mol. The van der Waals surface area contributed by atoms with Gasteiger partial charge in [0.05, 0.1) is 0 Å². The molecule has 1 N–H and O–H groups in total. The first-order valence-electron chi connectivity index (χ1n) is 8.60. The lowest BCUT2D eigenvalue weighted by molar-refractivity contribution is 0.0740. The van der Waals surface area contributed by atoms with Crippen molar-refractivity contribution in [3.63, 3.8) is 0 Å². The summed E-state index contributed by atoms with van der Waals surface area (Å²) in [4.78, 5) is 30.0. The van der Waals surface area contributed by atoms with Gasteiger partial charge in [-0.05, 0) is 39.0 Å². The minimum Gasteiger partial charge on any atom is -0.353 e. The fraction of sp³-hybridized carbons (Fsp3) is 0.444. The number of aryl methyl sites for hydroxylation is 1. The number of aromatic nitrogens is 3. The van der Waals surface area contributed by atoms with Crippen LogP contribution in [0, 0.1) is 6.92 Å². The molecule has 0 saturated carbocycles. The summed E-state index contributed by atoms with van der Waals surface area (Å²) in [6.45, 7) is 8.77. The van der Waals surface area contributed by atoms with Crippen molar-refractivity contribution in [3.8, 4) is 0 Å². The molecule has 0 atom stereocenters. The summed E-state index contributed by atoms with van der Waals surface area (Å²) >= 11 is 0. The number of hydrogen-bond donors (Lipinski definition) is 1. The Hall–Kier alpha value is -2.70. The number of pyridine rings is 1.